The normalized spacial score (nSPS) is 13.8. The molecule has 0 bridgehead atoms. The molecule has 0 heterocycles. The van der Waals surface area contributed by atoms with Crippen LogP contribution in [0.2, 0.25) is 16.6 Å². The molecule has 0 aliphatic heterocycles. The number of nitrogens with zero attached hydrogens (tertiary/aromatic N) is 1. The molecule has 0 N–H and O–H groups in total. The van der Waals surface area contributed by atoms with Crippen LogP contribution in [-0.4, -0.2) is 46.0 Å². The Morgan fingerprint density at radius 1 is 0.750 bits per heavy atom. The first-order valence-corrected chi connectivity index (χ1v) is 16.6. The maximum Gasteiger partial charge on any atom is 0.200 e. The molecule has 0 amide bonds. The lowest BCUT2D eigenvalue weighted by molar-refractivity contribution is 0.198. The van der Waals surface area contributed by atoms with Gasteiger partial charge in [0.25, 0.3) is 0 Å². The van der Waals surface area contributed by atoms with Crippen LogP contribution in [0.1, 0.15) is 52.7 Å². The van der Waals surface area contributed by atoms with E-state index in [0.29, 0.717) is 29.8 Å². The third-order valence-electron chi connectivity index (χ3n) is 5.95. The Morgan fingerprint density at radius 3 is 1.72 bits per heavy atom. The molecule has 2 aromatic carbocycles. The van der Waals surface area contributed by atoms with Crippen LogP contribution in [0.15, 0.2) is 59.0 Å². The minimum absolute atomic E-state index is 0.575. The molecule has 0 unspecified atom stereocenters. The lowest BCUT2D eigenvalue weighted by atomic mass is 10.0. The SMILES string of the molecule is CC(C)[Si](OCCOc1ccc(/C(=N\S(C)(C)C)c2ccccc2)cc1)(C(C)C)C(C)C. The van der Waals surface area contributed by atoms with E-state index in [1.54, 1.807) is 0 Å². The van der Waals surface area contributed by atoms with E-state index in [1.165, 1.54) is 0 Å². The molecule has 32 heavy (non-hydrogen) atoms. The van der Waals surface area contributed by atoms with Crippen LogP contribution < -0.4 is 4.74 Å². The predicted octanol–water partition coefficient (Wildman–Crippen LogP) is 7.70. The predicted molar refractivity (Wildman–Crippen MR) is 146 cm³/mol. The monoisotopic (exact) mass is 473 g/mol. The van der Waals surface area contributed by atoms with Gasteiger partial charge >= 0.3 is 0 Å². The Kier molecular flexibility index (Phi) is 9.62. The average Bonchev–Trinajstić information content (AvgIpc) is 2.72. The van der Waals surface area contributed by atoms with Gasteiger partial charge in [-0.25, -0.2) is 4.40 Å². The average molecular weight is 474 g/mol. The quantitative estimate of drug-likeness (QED) is 0.190. The maximum absolute atomic E-state index is 6.61. The molecule has 0 saturated carbocycles. The van der Waals surface area contributed by atoms with E-state index in [4.69, 9.17) is 13.6 Å². The van der Waals surface area contributed by atoms with Crippen molar-refractivity contribution in [3.63, 3.8) is 0 Å². The molecule has 0 atom stereocenters. The van der Waals surface area contributed by atoms with Crippen molar-refractivity contribution in [2.75, 3.05) is 32.0 Å². The van der Waals surface area contributed by atoms with Crippen LogP contribution in [0.3, 0.4) is 0 Å². The Labute approximate surface area is 199 Å². The Morgan fingerprint density at radius 2 is 1.25 bits per heavy atom. The van der Waals surface area contributed by atoms with E-state index in [1.807, 2.05) is 18.2 Å². The second kappa shape index (κ2) is 11.5. The van der Waals surface area contributed by atoms with E-state index >= 15 is 0 Å². The fourth-order valence-electron chi connectivity index (χ4n) is 4.73. The molecule has 2 aromatic rings. The molecule has 0 saturated heterocycles. The van der Waals surface area contributed by atoms with Gasteiger partial charge in [0.05, 0.1) is 12.3 Å². The third-order valence-corrected chi connectivity index (χ3v) is 12.8. The summed E-state index contributed by atoms with van der Waals surface area (Å²) in [5, 5.41) is 0. The third kappa shape index (κ3) is 6.97. The molecular weight excluding hydrogens is 430 g/mol. The number of rotatable bonds is 11. The van der Waals surface area contributed by atoms with Gasteiger partial charge in [-0.05, 0) is 59.7 Å². The van der Waals surface area contributed by atoms with Crippen LogP contribution >= 0.6 is 10.2 Å². The summed E-state index contributed by atoms with van der Waals surface area (Å²) in [5.74, 6) is 0.874. The number of hydrogen-bond donors (Lipinski definition) is 0. The van der Waals surface area contributed by atoms with Gasteiger partial charge in [0, 0.05) is 11.1 Å². The molecule has 0 aromatic heterocycles. The highest BCUT2D eigenvalue weighted by Crippen LogP contribution is 2.42. The Hall–Kier alpha value is -1.56. The number of benzene rings is 2. The van der Waals surface area contributed by atoms with Gasteiger partial charge in [0.1, 0.15) is 12.4 Å². The topological polar surface area (TPSA) is 30.8 Å². The highest BCUT2D eigenvalue weighted by Gasteiger charge is 2.44. The van der Waals surface area contributed by atoms with E-state index in [-0.39, 0.29) is 0 Å². The zero-order valence-corrected chi connectivity index (χ0v) is 23.3. The summed E-state index contributed by atoms with van der Waals surface area (Å²) in [5.41, 5.74) is 5.07. The molecule has 0 aliphatic carbocycles. The zero-order valence-electron chi connectivity index (χ0n) is 21.5. The molecule has 0 aliphatic rings. The highest BCUT2D eigenvalue weighted by molar-refractivity contribution is 8.31. The summed E-state index contributed by atoms with van der Waals surface area (Å²) in [7, 11) is -2.88. The van der Waals surface area contributed by atoms with Crippen LogP contribution in [-0.2, 0) is 4.43 Å². The first kappa shape index (κ1) is 26.7. The molecule has 5 heteroatoms. The molecule has 3 nitrogen and oxygen atoms in total. The highest BCUT2D eigenvalue weighted by atomic mass is 32.3. The molecule has 0 spiro atoms. The van der Waals surface area contributed by atoms with Gasteiger partial charge in [0.2, 0.25) is 0 Å². The van der Waals surface area contributed by atoms with Crippen molar-refractivity contribution in [2.24, 2.45) is 4.40 Å². The van der Waals surface area contributed by atoms with Crippen molar-refractivity contribution in [3.8, 4) is 5.75 Å². The number of ether oxygens (including phenoxy) is 1. The van der Waals surface area contributed by atoms with Crippen LogP contribution in [0, 0.1) is 0 Å². The summed E-state index contributed by atoms with van der Waals surface area (Å²) in [6.07, 6.45) is 6.63. The van der Waals surface area contributed by atoms with E-state index < -0.39 is 18.5 Å². The Balaban J connectivity index is 2.08. The van der Waals surface area contributed by atoms with Gasteiger partial charge in [-0.3, -0.25) is 0 Å². The van der Waals surface area contributed by atoms with Gasteiger partial charge in [-0.2, -0.15) is 10.2 Å². The minimum atomic E-state index is -1.84. The van der Waals surface area contributed by atoms with Crippen LogP contribution in [0.5, 0.6) is 5.75 Å². The summed E-state index contributed by atoms with van der Waals surface area (Å²) < 4.78 is 17.7. The zero-order chi connectivity index (χ0) is 23.9. The van der Waals surface area contributed by atoms with Crippen LogP contribution in [0.25, 0.3) is 0 Å². The summed E-state index contributed by atoms with van der Waals surface area (Å²) in [6, 6.07) is 18.7. The van der Waals surface area contributed by atoms with Crippen molar-refractivity contribution in [2.45, 2.75) is 58.2 Å². The first-order valence-electron chi connectivity index (χ1n) is 11.7. The summed E-state index contributed by atoms with van der Waals surface area (Å²) in [6.45, 7) is 15.1. The fraction of sp³-hybridized carbons (Fsp3) is 0.519. The van der Waals surface area contributed by atoms with Crippen molar-refractivity contribution in [1.29, 1.82) is 0 Å². The van der Waals surface area contributed by atoms with Gasteiger partial charge in [0.15, 0.2) is 8.32 Å². The van der Waals surface area contributed by atoms with Crippen molar-refractivity contribution in [3.05, 3.63) is 65.7 Å². The minimum Gasteiger partial charge on any atom is -0.491 e. The van der Waals surface area contributed by atoms with Gasteiger partial charge in [-0.15, -0.1) is 0 Å². The fourth-order valence-corrected chi connectivity index (χ4v) is 10.9. The summed E-state index contributed by atoms with van der Waals surface area (Å²) in [4.78, 5) is 0. The van der Waals surface area contributed by atoms with Gasteiger partial charge < -0.3 is 9.16 Å². The van der Waals surface area contributed by atoms with Crippen molar-refractivity contribution < 1.29 is 9.16 Å². The van der Waals surface area contributed by atoms with E-state index in [9.17, 15) is 0 Å². The smallest absolute Gasteiger partial charge is 0.200 e. The summed E-state index contributed by atoms with van der Waals surface area (Å²) >= 11 is 0. The van der Waals surface area contributed by atoms with Crippen molar-refractivity contribution in [1.82, 2.24) is 0 Å². The second-order valence-corrected chi connectivity index (χ2v) is 19.3. The molecule has 0 radical (unpaired) electrons. The van der Waals surface area contributed by atoms with E-state index in [0.717, 1.165) is 22.6 Å². The second-order valence-electron chi connectivity index (χ2n) is 10.1. The lowest BCUT2D eigenvalue weighted by Gasteiger charge is -2.42. The number of hydrogen-bond acceptors (Lipinski definition) is 3. The first-order chi connectivity index (χ1) is 15.0. The largest absolute Gasteiger partial charge is 0.491 e. The van der Waals surface area contributed by atoms with Crippen molar-refractivity contribution >= 4 is 24.2 Å². The molecule has 0 fully saturated rings. The van der Waals surface area contributed by atoms with E-state index in [2.05, 4.69) is 96.7 Å². The maximum atomic E-state index is 6.61. The van der Waals surface area contributed by atoms with Gasteiger partial charge in [-0.1, -0.05) is 71.9 Å². The lowest BCUT2D eigenvalue weighted by Crippen LogP contribution is -2.48. The Bertz CT molecular complexity index is 834. The molecule has 178 valence electrons. The standard InChI is InChI=1S/C27H43NO2SSi/c1-21(2)32(22(3)4,23(5)6)30-20-19-29-26-17-15-25(16-18-26)27(28-31(7,8)9)24-13-11-10-12-14-24/h10-18,21-23H,19-20H2,1-9H3/b28-27-. The van der Waals surface area contributed by atoms with Crippen LogP contribution in [0.4, 0.5) is 0 Å². The molecular formula is C27H43NO2SSi. The molecule has 2 rings (SSSR count).